The van der Waals surface area contributed by atoms with Crippen molar-refractivity contribution in [2.24, 2.45) is 0 Å². The third-order valence-corrected chi connectivity index (χ3v) is 3.40. The molecule has 0 aliphatic rings. The van der Waals surface area contributed by atoms with Gasteiger partial charge in [-0.3, -0.25) is 0 Å². The normalized spacial score (nSPS) is 12.5. The fourth-order valence-corrected chi connectivity index (χ4v) is 2.25. The molecule has 0 aromatic heterocycles. The maximum atomic E-state index is 14.0. The molecular formula is C14H12BrFO. The van der Waals surface area contributed by atoms with Crippen molar-refractivity contribution in [3.05, 3.63) is 69.4 Å². The largest absolute Gasteiger partial charge is 0.384 e. The summed E-state index contributed by atoms with van der Waals surface area (Å²) in [4.78, 5) is 0. The van der Waals surface area contributed by atoms with Crippen LogP contribution in [0, 0.1) is 12.7 Å². The van der Waals surface area contributed by atoms with Gasteiger partial charge >= 0.3 is 0 Å². The molecule has 0 bridgehead atoms. The Hall–Kier alpha value is -1.19. The SMILES string of the molecule is Cc1ccc(Br)c(C(O)c2ccccc2)c1F. The zero-order valence-corrected chi connectivity index (χ0v) is 10.9. The fraction of sp³-hybridized carbons (Fsp3) is 0.143. The standard InChI is InChI=1S/C14H12BrFO/c1-9-7-8-11(15)12(13(9)16)14(17)10-5-3-2-4-6-10/h2-8,14,17H,1H3. The van der Waals surface area contributed by atoms with Crippen molar-refractivity contribution in [2.75, 3.05) is 0 Å². The summed E-state index contributed by atoms with van der Waals surface area (Å²) in [6.07, 6.45) is -0.953. The van der Waals surface area contributed by atoms with Crippen molar-refractivity contribution in [3.8, 4) is 0 Å². The molecule has 1 nitrogen and oxygen atoms in total. The molecule has 0 aliphatic carbocycles. The monoisotopic (exact) mass is 294 g/mol. The molecule has 2 aromatic carbocycles. The molecule has 0 radical (unpaired) electrons. The molecule has 88 valence electrons. The Morgan fingerprint density at radius 1 is 1.12 bits per heavy atom. The van der Waals surface area contributed by atoms with Gasteiger partial charge in [-0.2, -0.15) is 0 Å². The zero-order chi connectivity index (χ0) is 12.4. The molecule has 17 heavy (non-hydrogen) atoms. The van der Waals surface area contributed by atoms with Crippen molar-refractivity contribution < 1.29 is 9.50 Å². The highest BCUT2D eigenvalue weighted by atomic mass is 79.9. The lowest BCUT2D eigenvalue weighted by atomic mass is 9.99. The number of hydrogen-bond acceptors (Lipinski definition) is 1. The van der Waals surface area contributed by atoms with Crippen LogP contribution in [0.15, 0.2) is 46.9 Å². The van der Waals surface area contributed by atoms with Gasteiger partial charge in [0.15, 0.2) is 0 Å². The highest BCUT2D eigenvalue weighted by Gasteiger charge is 2.19. The van der Waals surface area contributed by atoms with Gasteiger partial charge < -0.3 is 5.11 Å². The number of aliphatic hydroxyl groups is 1. The third-order valence-electron chi connectivity index (χ3n) is 2.71. The second-order valence-corrected chi connectivity index (χ2v) is 4.76. The van der Waals surface area contributed by atoms with Gasteiger partial charge in [0, 0.05) is 10.0 Å². The van der Waals surface area contributed by atoms with Crippen LogP contribution < -0.4 is 0 Å². The maximum Gasteiger partial charge on any atom is 0.133 e. The smallest absolute Gasteiger partial charge is 0.133 e. The van der Waals surface area contributed by atoms with E-state index in [1.54, 1.807) is 31.2 Å². The number of benzene rings is 2. The van der Waals surface area contributed by atoms with Crippen molar-refractivity contribution >= 4 is 15.9 Å². The van der Waals surface area contributed by atoms with Gasteiger partial charge in [-0.05, 0) is 24.1 Å². The molecule has 3 heteroatoms. The average molecular weight is 295 g/mol. The van der Waals surface area contributed by atoms with E-state index >= 15 is 0 Å². The van der Waals surface area contributed by atoms with Crippen LogP contribution in [0.4, 0.5) is 4.39 Å². The van der Waals surface area contributed by atoms with E-state index in [0.717, 1.165) is 0 Å². The number of aliphatic hydroxyl groups excluding tert-OH is 1. The molecule has 0 spiro atoms. The summed E-state index contributed by atoms with van der Waals surface area (Å²) in [5.41, 5.74) is 1.49. The first-order chi connectivity index (χ1) is 8.11. The van der Waals surface area contributed by atoms with E-state index in [1.165, 1.54) is 0 Å². The van der Waals surface area contributed by atoms with Gasteiger partial charge in [0.05, 0.1) is 0 Å². The molecule has 0 aliphatic heterocycles. The van der Waals surface area contributed by atoms with E-state index in [1.807, 2.05) is 18.2 Å². The second kappa shape index (κ2) is 4.98. The van der Waals surface area contributed by atoms with Crippen LogP contribution in [-0.4, -0.2) is 5.11 Å². The van der Waals surface area contributed by atoms with Gasteiger partial charge in [0.25, 0.3) is 0 Å². The summed E-state index contributed by atoms with van der Waals surface area (Å²) in [5.74, 6) is -0.365. The van der Waals surface area contributed by atoms with E-state index in [9.17, 15) is 9.50 Å². The van der Waals surface area contributed by atoms with Crippen LogP contribution >= 0.6 is 15.9 Å². The molecule has 0 fully saturated rings. The number of aryl methyl sites for hydroxylation is 1. The van der Waals surface area contributed by atoms with Crippen molar-refractivity contribution in [3.63, 3.8) is 0 Å². The number of rotatable bonds is 2. The van der Waals surface area contributed by atoms with E-state index < -0.39 is 6.10 Å². The Balaban J connectivity index is 2.51. The summed E-state index contributed by atoms with van der Waals surface area (Å²) < 4.78 is 14.6. The molecule has 0 saturated heterocycles. The van der Waals surface area contributed by atoms with Crippen molar-refractivity contribution in [1.29, 1.82) is 0 Å². The first kappa shape index (κ1) is 12.3. The quantitative estimate of drug-likeness (QED) is 0.888. The van der Waals surface area contributed by atoms with Crippen LogP contribution in [0.25, 0.3) is 0 Å². The summed E-state index contributed by atoms with van der Waals surface area (Å²) in [5, 5.41) is 10.2. The van der Waals surface area contributed by atoms with Gasteiger partial charge in [0.2, 0.25) is 0 Å². The topological polar surface area (TPSA) is 20.2 Å². The van der Waals surface area contributed by atoms with E-state index in [4.69, 9.17) is 0 Å². The summed E-state index contributed by atoms with van der Waals surface area (Å²) >= 11 is 3.28. The third kappa shape index (κ3) is 2.40. The minimum atomic E-state index is -0.953. The summed E-state index contributed by atoms with van der Waals surface area (Å²) in [7, 11) is 0. The molecule has 0 heterocycles. The first-order valence-corrected chi connectivity index (χ1v) is 6.08. The molecule has 2 rings (SSSR count). The van der Waals surface area contributed by atoms with E-state index in [-0.39, 0.29) is 11.4 Å². The lowest BCUT2D eigenvalue weighted by Crippen LogP contribution is -2.05. The Labute approximate surface area is 108 Å². The number of hydrogen-bond donors (Lipinski definition) is 1. The van der Waals surface area contributed by atoms with Gasteiger partial charge in [-0.15, -0.1) is 0 Å². The highest BCUT2D eigenvalue weighted by Crippen LogP contribution is 2.32. The Morgan fingerprint density at radius 2 is 1.76 bits per heavy atom. The maximum absolute atomic E-state index is 14.0. The molecule has 2 aromatic rings. The summed E-state index contributed by atoms with van der Waals surface area (Å²) in [6, 6.07) is 12.5. The fourth-order valence-electron chi connectivity index (χ4n) is 1.73. The summed E-state index contributed by atoms with van der Waals surface area (Å²) in [6.45, 7) is 1.68. The minimum absolute atomic E-state index is 0.288. The Morgan fingerprint density at radius 3 is 2.41 bits per heavy atom. The number of halogens is 2. The van der Waals surface area contributed by atoms with Gasteiger partial charge in [-0.1, -0.05) is 52.3 Å². The lowest BCUT2D eigenvalue weighted by Gasteiger charge is -2.15. The van der Waals surface area contributed by atoms with E-state index in [0.29, 0.717) is 15.6 Å². The van der Waals surface area contributed by atoms with Crippen molar-refractivity contribution in [1.82, 2.24) is 0 Å². The van der Waals surface area contributed by atoms with E-state index in [2.05, 4.69) is 15.9 Å². The molecule has 0 saturated carbocycles. The van der Waals surface area contributed by atoms with Crippen LogP contribution in [-0.2, 0) is 0 Å². The van der Waals surface area contributed by atoms with Gasteiger partial charge in [-0.25, -0.2) is 4.39 Å². The van der Waals surface area contributed by atoms with Crippen LogP contribution in [0.2, 0.25) is 0 Å². The average Bonchev–Trinajstić information content (AvgIpc) is 2.35. The first-order valence-electron chi connectivity index (χ1n) is 5.28. The Bertz CT molecular complexity index is 525. The van der Waals surface area contributed by atoms with Crippen LogP contribution in [0.5, 0.6) is 0 Å². The van der Waals surface area contributed by atoms with Gasteiger partial charge in [0.1, 0.15) is 11.9 Å². The second-order valence-electron chi connectivity index (χ2n) is 3.91. The molecule has 1 atom stereocenters. The van der Waals surface area contributed by atoms with Crippen LogP contribution in [0.1, 0.15) is 22.8 Å². The van der Waals surface area contributed by atoms with Crippen molar-refractivity contribution in [2.45, 2.75) is 13.0 Å². The molecule has 0 amide bonds. The molecule has 1 unspecified atom stereocenters. The Kier molecular flexibility index (Phi) is 3.60. The highest BCUT2D eigenvalue weighted by molar-refractivity contribution is 9.10. The van der Waals surface area contributed by atoms with Crippen LogP contribution in [0.3, 0.4) is 0 Å². The minimum Gasteiger partial charge on any atom is -0.384 e. The predicted octanol–water partition coefficient (Wildman–Crippen LogP) is 3.98. The zero-order valence-electron chi connectivity index (χ0n) is 9.32. The predicted molar refractivity (Wildman–Crippen MR) is 69.3 cm³/mol. The molecular weight excluding hydrogens is 283 g/mol. The molecule has 1 N–H and O–H groups in total. The lowest BCUT2D eigenvalue weighted by molar-refractivity contribution is 0.214.